The SMILES string of the molecule is COC(CNS(=O)(=O)NC(C)=O)OC. The molecule has 14 heavy (non-hydrogen) atoms. The topological polar surface area (TPSA) is 93.7 Å². The Hall–Kier alpha value is -0.700. The molecule has 84 valence electrons. The van der Waals surface area contributed by atoms with Crippen LogP contribution in [-0.2, 0) is 24.5 Å². The molecule has 2 N–H and O–H groups in total. The van der Waals surface area contributed by atoms with Crippen LogP contribution in [0.5, 0.6) is 0 Å². The molecule has 1 amide bonds. The molecular weight excluding hydrogens is 212 g/mol. The van der Waals surface area contributed by atoms with Gasteiger partial charge in [0.15, 0.2) is 6.29 Å². The van der Waals surface area contributed by atoms with Gasteiger partial charge >= 0.3 is 10.2 Å². The zero-order valence-corrected chi connectivity index (χ0v) is 9.05. The average Bonchev–Trinajstić information content (AvgIpc) is 2.03. The number of rotatable bonds is 6. The van der Waals surface area contributed by atoms with Crippen LogP contribution in [0, 0.1) is 0 Å². The Kier molecular flexibility index (Phi) is 5.62. The Bertz CT molecular complexity index is 272. The monoisotopic (exact) mass is 226 g/mol. The van der Waals surface area contributed by atoms with E-state index >= 15 is 0 Å². The molecule has 8 heteroatoms. The standard InChI is InChI=1S/C6H14N2O5S/c1-5(9)8-14(10,11)7-4-6(12-2)13-3/h6-7H,4H2,1-3H3,(H,8,9). The van der Waals surface area contributed by atoms with E-state index in [0.29, 0.717) is 0 Å². The van der Waals surface area contributed by atoms with E-state index in [4.69, 9.17) is 9.47 Å². The predicted octanol–water partition coefficient (Wildman–Crippen LogP) is -1.42. The maximum absolute atomic E-state index is 11.0. The van der Waals surface area contributed by atoms with Crippen molar-refractivity contribution in [2.75, 3.05) is 20.8 Å². The summed E-state index contributed by atoms with van der Waals surface area (Å²) >= 11 is 0. The second kappa shape index (κ2) is 5.91. The van der Waals surface area contributed by atoms with Crippen LogP contribution in [0.25, 0.3) is 0 Å². The number of hydrogen-bond donors (Lipinski definition) is 2. The first-order chi connectivity index (χ1) is 6.41. The lowest BCUT2D eigenvalue weighted by molar-refractivity contribution is -0.117. The molecule has 0 aliphatic carbocycles. The van der Waals surface area contributed by atoms with Gasteiger partial charge in [0, 0.05) is 21.1 Å². The third-order valence-corrected chi connectivity index (χ3v) is 2.35. The minimum atomic E-state index is -3.81. The third-order valence-electron chi connectivity index (χ3n) is 1.24. The fourth-order valence-electron chi connectivity index (χ4n) is 0.666. The molecule has 0 aromatic rings. The molecule has 0 aliphatic rings. The molecule has 0 heterocycles. The van der Waals surface area contributed by atoms with Gasteiger partial charge in [-0.25, -0.2) is 4.72 Å². The summed E-state index contributed by atoms with van der Waals surface area (Å²) in [5, 5.41) is 0. The summed E-state index contributed by atoms with van der Waals surface area (Å²) in [5.41, 5.74) is 0. The number of carbonyl (C=O) groups is 1. The lowest BCUT2D eigenvalue weighted by Gasteiger charge is -2.13. The Balaban J connectivity index is 4.05. The van der Waals surface area contributed by atoms with Gasteiger partial charge in [0.05, 0.1) is 6.54 Å². The molecule has 0 radical (unpaired) electrons. The molecule has 0 rings (SSSR count). The number of methoxy groups -OCH3 is 2. The highest BCUT2D eigenvalue weighted by molar-refractivity contribution is 7.88. The highest BCUT2D eigenvalue weighted by atomic mass is 32.2. The molecule has 0 atom stereocenters. The molecular formula is C6H14N2O5S. The minimum absolute atomic E-state index is 0.0738. The van der Waals surface area contributed by atoms with Crippen molar-refractivity contribution in [2.24, 2.45) is 0 Å². The highest BCUT2D eigenvalue weighted by Gasteiger charge is 2.13. The van der Waals surface area contributed by atoms with Gasteiger partial charge in [0.25, 0.3) is 0 Å². The molecule has 0 spiro atoms. The lowest BCUT2D eigenvalue weighted by Crippen LogP contribution is -2.43. The Morgan fingerprint density at radius 3 is 2.21 bits per heavy atom. The zero-order valence-electron chi connectivity index (χ0n) is 8.23. The number of carbonyl (C=O) groups excluding carboxylic acids is 1. The van der Waals surface area contributed by atoms with Crippen molar-refractivity contribution in [3.63, 3.8) is 0 Å². The van der Waals surface area contributed by atoms with Crippen LogP contribution >= 0.6 is 0 Å². The molecule has 0 aromatic heterocycles. The molecule has 0 unspecified atom stereocenters. The van der Waals surface area contributed by atoms with E-state index < -0.39 is 22.4 Å². The van der Waals surface area contributed by atoms with Crippen LogP contribution in [-0.4, -0.2) is 41.4 Å². The second-order valence-electron chi connectivity index (χ2n) is 2.41. The third kappa shape index (κ3) is 5.86. The van der Waals surface area contributed by atoms with E-state index in [1.165, 1.54) is 14.2 Å². The van der Waals surface area contributed by atoms with Gasteiger partial charge in [-0.1, -0.05) is 0 Å². The second-order valence-corrected chi connectivity index (χ2v) is 3.91. The average molecular weight is 226 g/mol. The maximum atomic E-state index is 11.0. The van der Waals surface area contributed by atoms with Crippen molar-refractivity contribution in [1.82, 2.24) is 9.44 Å². The molecule has 0 fully saturated rings. The number of hydrogen-bond acceptors (Lipinski definition) is 5. The van der Waals surface area contributed by atoms with Gasteiger partial charge in [-0.05, 0) is 0 Å². The minimum Gasteiger partial charge on any atom is -0.355 e. The van der Waals surface area contributed by atoms with Gasteiger partial charge in [0.2, 0.25) is 5.91 Å². The van der Waals surface area contributed by atoms with E-state index in [1.807, 2.05) is 0 Å². The van der Waals surface area contributed by atoms with Crippen molar-refractivity contribution in [1.29, 1.82) is 0 Å². The fraction of sp³-hybridized carbons (Fsp3) is 0.833. The normalized spacial score (nSPS) is 11.7. The van der Waals surface area contributed by atoms with E-state index in [0.717, 1.165) is 6.92 Å². The first-order valence-electron chi connectivity index (χ1n) is 3.75. The fourth-order valence-corrected chi connectivity index (χ4v) is 1.47. The summed E-state index contributed by atoms with van der Waals surface area (Å²) in [7, 11) is -1.05. The first-order valence-corrected chi connectivity index (χ1v) is 5.23. The summed E-state index contributed by atoms with van der Waals surface area (Å²) < 4.78 is 35.3. The highest BCUT2D eigenvalue weighted by Crippen LogP contribution is 1.88. The van der Waals surface area contributed by atoms with Crippen LogP contribution in [0.2, 0.25) is 0 Å². The molecule has 0 saturated carbocycles. The molecule has 0 saturated heterocycles. The summed E-state index contributed by atoms with van der Waals surface area (Å²) in [6, 6.07) is 0. The van der Waals surface area contributed by atoms with Crippen LogP contribution < -0.4 is 9.44 Å². The Labute approximate surface area is 82.9 Å². The zero-order chi connectivity index (χ0) is 11.2. The van der Waals surface area contributed by atoms with E-state index in [-0.39, 0.29) is 6.54 Å². The molecule has 7 nitrogen and oxygen atoms in total. The van der Waals surface area contributed by atoms with Gasteiger partial charge in [0.1, 0.15) is 0 Å². The van der Waals surface area contributed by atoms with Crippen molar-refractivity contribution in [3.8, 4) is 0 Å². The smallest absolute Gasteiger partial charge is 0.301 e. The van der Waals surface area contributed by atoms with Gasteiger partial charge < -0.3 is 9.47 Å². The molecule has 0 aromatic carbocycles. The Morgan fingerprint density at radius 2 is 1.86 bits per heavy atom. The molecule has 0 bridgehead atoms. The van der Waals surface area contributed by atoms with Crippen LogP contribution in [0.1, 0.15) is 6.92 Å². The van der Waals surface area contributed by atoms with Gasteiger partial charge in [-0.2, -0.15) is 13.1 Å². The van der Waals surface area contributed by atoms with E-state index in [2.05, 4.69) is 4.72 Å². The lowest BCUT2D eigenvalue weighted by atomic mass is 10.6. The van der Waals surface area contributed by atoms with Crippen molar-refractivity contribution >= 4 is 16.1 Å². The van der Waals surface area contributed by atoms with Gasteiger partial charge in [-0.3, -0.25) is 4.79 Å². The summed E-state index contributed by atoms with van der Waals surface area (Å²) in [5.74, 6) is -0.663. The molecule has 0 aliphatic heterocycles. The largest absolute Gasteiger partial charge is 0.355 e. The number of nitrogens with one attached hydrogen (secondary N) is 2. The maximum Gasteiger partial charge on any atom is 0.301 e. The quantitative estimate of drug-likeness (QED) is 0.542. The number of amides is 1. The van der Waals surface area contributed by atoms with Gasteiger partial charge in [-0.15, -0.1) is 0 Å². The Morgan fingerprint density at radius 1 is 1.36 bits per heavy atom. The van der Waals surface area contributed by atoms with Crippen LogP contribution in [0.15, 0.2) is 0 Å². The predicted molar refractivity (Wildman–Crippen MR) is 48.5 cm³/mol. The first kappa shape index (κ1) is 13.3. The summed E-state index contributed by atoms with van der Waals surface area (Å²) in [6.07, 6.45) is -0.682. The van der Waals surface area contributed by atoms with Crippen LogP contribution in [0.3, 0.4) is 0 Å². The summed E-state index contributed by atoms with van der Waals surface area (Å²) in [4.78, 5) is 10.5. The van der Waals surface area contributed by atoms with E-state index in [9.17, 15) is 13.2 Å². The van der Waals surface area contributed by atoms with Crippen molar-refractivity contribution in [2.45, 2.75) is 13.2 Å². The van der Waals surface area contributed by atoms with Crippen molar-refractivity contribution in [3.05, 3.63) is 0 Å². The van der Waals surface area contributed by atoms with E-state index in [1.54, 1.807) is 4.72 Å². The van der Waals surface area contributed by atoms with Crippen molar-refractivity contribution < 1.29 is 22.7 Å². The van der Waals surface area contributed by atoms with Crippen LogP contribution in [0.4, 0.5) is 0 Å². The number of ether oxygens (including phenoxy) is 2. The summed E-state index contributed by atoms with van der Waals surface area (Å²) in [6.45, 7) is 1.03.